The van der Waals surface area contributed by atoms with E-state index in [4.69, 9.17) is 0 Å². The second-order valence-corrected chi connectivity index (χ2v) is 4.34. The van der Waals surface area contributed by atoms with E-state index in [1.807, 2.05) is 19.1 Å². The second kappa shape index (κ2) is 4.11. The standard InChI is InChI=1S/C15H16O/c1-3-15(2,11-16)14-9-8-12-6-4-5-7-13(12)10-14/h3-10,16H,1,11H2,2H3. The van der Waals surface area contributed by atoms with Crippen LogP contribution in [0.5, 0.6) is 0 Å². The molecule has 2 aromatic rings. The Hall–Kier alpha value is -1.60. The Kier molecular flexibility index (Phi) is 2.80. The van der Waals surface area contributed by atoms with Crippen LogP contribution in [0.2, 0.25) is 0 Å². The largest absolute Gasteiger partial charge is 0.395 e. The van der Waals surface area contributed by atoms with Crippen molar-refractivity contribution >= 4 is 10.8 Å². The summed E-state index contributed by atoms with van der Waals surface area (Å²) < 4.78 is 0. The Balaban J connectivity index is 2.58. The molecule has 1 unspecified atom stereocenters. The number of rotatable bonds is 3. The molecule has 0 aromatic heterocycles. The molecule has 82 valence electrons. The summed E-state index contributed by atoms with van der Waals surface area (Å²) in [5.74, 6) is 0. The quantitative estimate of drug-likeness (QED) is 0.774. The second-order valence-electron chi connectivity index (χ2n) is 4.34. The Morgan fingerprint density at radius 2 is 1.88 bits per heavy atom. The molecule has 0 fully saturated rings. The van der Waals surface area contributed by atoms with Gasteiger partial charge in [-0.05, 0) is 23.3 Å². The number of benzene rings is 2. The summed E-state index contributed by atoms with van der Waals surface area (Å²) >= 11 is 0. The topological polar surface area (TPSA) is 20.2 Å². The summed E-state index contributed by atoms with van der Waals surface area (Å²) in [7, 11) is 0. The van der Waals surface area contributed by atoms with E-state index in [-0.39, 0.29) is 12.0 Å². The minimum atomic E-state index is -0.357. The van der Waals surface area contributed by atoms with Crippen LogP contribution in [0.1, 0.15) is 12.5 Å². The van der Waals surface area contributed by atoms with E-state index in [1.54, 1.807) is 6.08 Å². The lowest BCUT2D eigenvalue weighted by atomic mass is 9.82. The molecule has 16 heavy (non-hydrogen) atoms. The van der Waals surface area contributed by atoms with Crippen LogP contribution in [0.25, 0.3) is 10.8 Å². The highest BCUT2D eigenvalue weighted by Crippen LogP contribution is 2.27. The predicted molar refractivity (Wildman–Crippen MR) is 68.6 cm³/mol. The van der Waals surface area contributed by atoms with Crippen LogP contribution < -0.4 is 0 Å². The van der Waals surface area contributed by atoms with Gasteiger partial charge in [-0.2, -0.15) is 0 Å². The monoisotopic (exact) mass is 212 g/mol. The molecular weight excluding hydrogens is 196 g/mol. The number of aliphatic hydroxyl groups is 1. The van der Waals surface area contributed by atoms with Gasteiger partial charge in [-0.25, -0.2) is 0 Å². The number of hydrogen-bond donors (Lipinski definition) is 1. The number of fused-ring (bicyclic) bond motifs is 1. The van der Waals surface area contributed by atoms with Crippen LogP contribution in [0.15, 0.2) is 55.1 Å². The first-order valence-electron chi connectivity index (χ1n) is 5.43. The van der Waals surface area contributed by atoms with Gasteiger partial charge < -0.3 is 5.11 Å². The van der Waals surface area contributed by atoms with Gasteiger partial charge in [0.05, 0.1) is 6.61 Å². The molecule has 0 aliphatic carbocycles. The molecule has 0 saturated carbocycles. The third kappa shape index (κ3) is 1.74. The van der Waals surface area contributed by atoms with Gasteiger partial charge in [-0.1, -0.05) is 48.5 Å². The van der Waals surface area contributed by atoms with Crippen LogP contribution >= 0.6 is 0 Å². The summed E-state index contributed by atoms with van der Waals surface area (Å²) in [6.07, 6.45) is 1.80. The molecule has 0 spiro atoms. The van der Waals surface area contributed by atoms with Crippen molar-refractivity contribution in [1.29, 1.82) is 0 Å². The van der Waals surface area contributed by atoms with E-state index >= 15 is 0 Å². The van der Waals surface area contributed by atoms with Crippen molar-refractivity contribution in [3.8, 4) is 0 Å². The summed E-state index contributed by atoms with van der Waals surface area (Å²) in [6.45, 7) is 5.87. The fraction of sp³-hybridized carbons (Fsp3) is 0.200. The highest BCUT2D eigenvalue weighted by molar-refractivity contribution is 5.83. The molecule has 2 rings (SSSR count). The van der Waals surface area contributed by atoms with Gasteiger partial charge >= 0.3 is 0 Å². The Labute approximate surface area is 96.0 Å². The maximum absolute atomic E-state index is 9.44. The minimum Gasteiger partial charge on any atom is -0.395 e. The van der Waals surface area contributed by atoms with Gasteiger partial charge in [0, 0.05) is 5.41 Å². The smallest absolute Gasteiger partial charge is 0.0559 e. The van der Waals surface area contributed by atoms with Gasteiger partial charge in [0.25, 0.3) is 0 Å². The molecule has 0 aliphatic heterocycles. The van der Waals surface area contributed by atoms with Gasteiger partial charge in [0.1, 0.15) is 0 Å². The first-order chi connectivity index (χ1) is 7.69. The minimum absolute atomic E-state index is 0.0782. The third-order valence-corrected chi connectivity index (χ3v) is 3.19. The average Bonchev–Trinajstić information content (AvgIpc) is 2.37. The molecule has 0 heterocycles. The maximum atomic E-state index is 9.44. The zero-order valence-corrected chi connectivity index (χ0v) is 9.48. The van der Waals surface area contributed by atoms with Crippen molar-refractivity contribution in [2.24, 2.45) is 0 Å². The van der Waals surface area contributed by atoms with Crippen molar-refractivity contribution in [2.75, 3.05) is 6.61 Å². The van der Waals surface area contributed by atoms with Gasteiger partial charge in [0.15, 0.2) is 0 Å². The van der Waals surface area contributed by atoms with E-state index in [0.29, 0.717) is 0 Å². The fourth-order valence-electron chi connectivity index (χ4n) is 1.82. The highest BCUT2D eigenvalue weighted by Gasteiger charge is 2.21. The zero-order chi connectivity index (χ0) is 11.6. The van der Waals surface area contributed by atoms with Crippen LogP contribution in [-0.4, -0.2) is 11.7 Å². The van der Waals surface area contributed by atoms with E-state index in [0.717, 1.165) is 5.56 Å². The molecule has 1 heteroatoms. The van der Waals surface area contributed by atoms with Crippen molar-refractivity contribution in [3.63, 3.8) is 0 Å². The lowest BCUT2D eigenvalue weighted by Crippen LogP contribution is -2.23. The van der Waals surface area contributed by atoms with Crippen molar-refractivity contribution in [1.82, 2.24) is 0 Å². The summed E-state index contributed by atoms with van der Waals surface area (Å²) in [5, 5.41) is 11.9. The zero-order valence-electron chi connectivity index (χ0n) is 9.48. The Bertz CT molecular complexity index is 516. The number of hydrogen-bond acceptors (Lipinski definition) is 1. The van der Waals surface area contributed by atoms with Gasteiger partial charge in [-0.15, -0.1) is 6.58 Å². The fourth-order valence-corrected chi connectivity index (χ4v) is 1.82. The first-order valence-corrected chi connectivity index (χ1v) is 5.43. The van der Waals surface area contributed by atoms with Crippen LogP contribution in [0.3, 0.4) is 0 Å². The lowest BCUT2D eigenvalue weighted by molar-refractivity contribution is 0.236. The van der Waals surface area contributed by atoms with Gasteiger partial charge in [0.2, 0.25) is 0 Å². The van der Waals surface area contributed by atoms with Crippen LogP contribution in [-0.2, 0) is 5.41 Å². The predicted octanol–water partition coefficient (Wildman–Crippen LogP) is 3.28. The van der Waals surface area contributed by atoms with E-state index in [9.17, 15) is 5.11 Å². The van der Waals surface area contributed by atoms with E-state index in [2.05, 4.69) is 36.9 Å². The molecule has 0 amide bonds. The Morgan fingerprint density at radius 1 is 1.19 bits per heavy atom. The van der Waals surface area contributed by atoms with Crippen molar-refractivity contribution in [3.05, 3.63) is 60.7 Å². The van der Waals surface area contributed by atoms with Gasteiger partial charge in [-0.3, -0.25) is 0 Å². The third-order valence-electron chi connectivity index (χ3n) is 3.19. The SMILES string of the molecule is C=CC(C)(CO)c1ccc2ccccc2c1. The molecule has 1 nitrogen and oxygen atoms in total. The van der Waals surface area contributed by atoms with Crippen LogP contribution in [0.4, 0.5) is 0 Å². The summed E-state index contributed by atoms with van der Waals surface area (Å²) in [6, 6.07) is 14.5. The van der Waals surface area contributed by atoms with Crippen LogP contribution in [0, 0.1) is 0 Å². The normalized spacial score (nSPS) is 14.6. The molecule has 0 bridgehead atoms. The summed E-state index contributed by atoms with van der Waals surface area (Å²) in [4.78, 5) is 0. The molecule has 0 saturated heterocycles. The van der Waals surface area contributed by atoms with E-state index < -0.39 is 0 Å². The first kappa shape index (κ1) is 10.9. The molecule has 0 radical (unpaired) electrons. The van der Waals surface area contributed by atoms with Crippen molar-refractivity contribution < 1.29 is 5.11 Å². The Morgan fingerprint density at radius 3 is 2.50 bits per heavy atom. The molecule has 1 N–H and O–H groups in total. The molecule has 0 aliphatic rings. The molecule has 1 atom stereocenters. The summed E-state index contributed by atoms with van der Waals surface area (Å²) in [5.41, 5.74) is 0.744. The lowest BCUT2D eigenvalue weighted by Gasteiger charge is -2.23. The molecular formula is C15H16O. The van der Waals surface area contributed by atoms with E-state index in [1.165, 1.54) is 10.8 Å². The molecule has 2 aromatic carbocycles. The van der Waals surface area contributed by atoms with Crippen molar-refractivity contribution in [2.45, 2.75) is 12.3 Å². The average molecular weight is 212 g/mol. The number of aliphatic hydroxyl groups excluding tert-OH is 1. The maximum Gasteiger partial charge on any atom is 0.0559 e. The highest BCUT2D eigenvalue weighted by atomic mass is 16.3.